The van der Waals surface area contributed by atoms with Crippen LogP contribution in [0.2, 0.25) is 0 Å². The smallest absolute Gasteiger partial charge is 0.255 e. The molecular weight excluding hydrogens is 328 g/mol. The highest BCUT2D eigenvalue weighted by Crippen LogP contribution is 2.20. The molecule has 130 valence electrons. The molecule has 2 aromatic carbocycles. The molecule has 5 heteroatoms. The first kappa shape index (κ1) is 18.6. The lowest BCUT2D eigenvalue weighted by Crippen LogP contribution is -2.25. The molecule has 0 aliphatic heterocycles. The minimum absolute atomic E-state index is 0.124. The standard InChI is InChI=1S/C21H18N2O3/c1-3-13-22-20(24)17-10-6-5-9-16(17)15-26-19-12-8-7-11-18(19)21(25)23-14-4-2/h1-2,5-12H,13-15H2,(H,22,24)(H,23,25). The van der Waals surface area contributed by atoms with Crippen LogP contribution in [0.3, 0.4) is 0 Å². The fourth-order valence-electron chi connectivity index (χ4n) is 2.26. The number of terminal acetylenes is 2. The summed E-state index contributed by atoms with van der Waals surface area (Å²) in [6, 6.07) is 13.9. The molecule has 0 aromatic heterocycles. The van der Waals surface area contributed by atoms with Crippen molar-refractivity contribution in [1.29, 1.82) is 0 Å². The number of carbonyl (C=O) groups is 2. The molecule has 2 amide bonds. The molecule has 26 heavy (non-hydrogen) atoms. The minimum atomic E-state index is -0.321. The second-order valence-electron chi connectivity index (χ2n) is 5.22. The van der Waals surface area contributed by atoms with Crippen molar-refractivity contribution in [2.75, 3.05) is 13.1 Å². The highest BCUT2D eigenvalue weighted by Gasteiger charge is 2.14. The van der Waals surface area contributed by atoms with Gasteiger partial charge in [0.1, 0.15) is 12.4 Å². The van der Waals surface area contributed by atoms with Gasteiger partial charge in [-0.1, -0.05) is 42.2 Å². The monoisotopic (exact) mass is 346 g/mol. The Kier molecular flexibility index (Phi) is 6.85. The van der Waals surface area contributed by atoms with Crippen molar-refractivity contribution in [3.8, 4) is 30.4 Å². The quantitative estimate of drug-likeness (QED) is 0.754. The van der Waals surface area contributed by atoms with Gasteiger partial charge in [0.05, 0.1) is 18.7 Å². The van der Waals surface area contributed by atoms with Crippen LogP contribution in [0.25, 0.3) is 0 Å². The number of ether oxygens (including phenoxy) is 1. The minimum Gasteiger partial charge on any atom is -0.488 e. The van der Waals surface area contributed by atoms with E-state index in [1.807, 2.05) is 6.07 Å². The average Bonchev–Trinajstić information content (AvgIpc) is 2.69. The summed E-state index contributed by atoms with van der Waals surface area (Å²) in [5.41, 5.74) is 1.52. The third-order valence-electron chi connectivity index (χ3n) is 3.48. The Labute approximate surface area is 152 Å². The van der Waals surface area contributed by atoms with E-state index in [-0.39, 0.29) is 31.5 Å². The zero-order valence-electron chi connectivity index (χ0n) is 14.1. The van der Waals surface area contributed by atoms with Gasteiger partial charge in [-0.25, -0.2) is 0 Å². The van der Waals surface area contributed by atoms with Crippen LogP contribution < -0.4 is 15.4 Å². The third kappa shape index (κ3) is 4.90. The summed E-state index contributed by atoms with van der Waals surface area (Å²) in [6.45, 7) is 0.399. The van der Waals surface area contributed by atoms with Crippen LogP contribution in [0, 0.1) is 24.7 Å². The van der Waals surface area contributed by atoms with Gasteiger partial charge >= 0.3 is 0 Å². The fourth-order valence-corrected chi connectivity index (χ4v) is 2.26. The maximum atomic E-state index is 12.2. The zero-order chi connectivity index (χ0) is 18.8. The number of rotatable bonds is 7. The molecule has 0 saturated heterocycles. The van der Waals surface area contributed by atoms with Crippen molar-refractivity contribution in [3.05, 3.63) is 65.2 Å². The molecule has 0 radical (unpaired) electrons. The van der Waals surface area contributed by atoms with E-state index in [1.54, 1.807) is 42.5 Å². The average molecular weight is 346 g/mol. The van der Waals surface area contributed by atoms with E-state index < -0.39 is 0 Å². The Bertz CT molecular complexity index is 802. The van der Waals surface area contributed by atoms with E-state index in [0.717, 1.165) is 0 Å². The van der Waals surface area contributed by atoms with Crippen LogP contribution in [0.5, 0.6) is 5.75 Å². The van der Waals surface area contributed by atoms with Gasteiger partial charge in [-0.15, -0.1) is 12.8 Å². The van der Waals surface area contributed by atoms with Crippen molar-refractivity contribution in [3.63, 3.8) is 0 Å². The lowest BCUT2D eigenvalue weighted by molar-refractivity contribution is 0.0943. The summed E-state index contributed by atoms with van der Waals surface area (Å²) in [5.74, 6) is 4.52. The first-order valence-corrected chi connectivity index (χ1v) is 7.90. The first-order valence-electron chi connectivity index (χ1n) is 7.90. The van der Waals surface area contributed by atoms with Crippen molar-refractivity contribution in [2.24, 2.45) is 0 Å². The first-order chi connectivity index (χ1) is 12.7. The maximum Gasteiger partial charge on any atom is 0.255 e. The molecule has 0 atom stereocenters. The van der Waals surface area contributed by atoms with Gasteiger partial charge in [0.25, 0.3) is 11.8 Å². The van der Waals surface area contributed by atoms with Gasteiger partial charge in [0, 0.05) is 11.1 Å². The van der Waals surface area contributed by atoms with E-state index in [1.165, 1.54) is 0 Å². The SMILES string of the molecule is C#CCNC(=O)c1ccccc1COc1ccccc1C(=O)NCC#C. The number of amides is 2. The van der Waals surface area contributed by atoms with Crippen LogP contribution in [0.15, 0.2) is 48.5 Å². The highest BCUT2D eigenvalue weighted by molar-refractivity contribution is 5.97. The van der Waals surface area contributed by atoms with E-state index in [4.69, 9.17) is 17.6 Å². The Hall–Kier alpha value is -3.70. The van der Waals surface area contributed by atoms with Crippen LogP contribution in [-0.4, -0.2) is 24.9 Å². The molecule has 0 saturated carbocycles. The Morgan fingerprint density at radius 2 is 1.38 bits per heavy atom. The third-order valence-corrected chi connectivity index (χ3v) is 3.48. The van der Waals surface area contributed by atoms with Crippen molar-refractivity contribution < 1.29 is 14.3 Å². The van der Waals surface area contributed by atoms with Gasteiger partial charge in [-0.05, 0) is 18.2 Å². The summed E-state index contributed by atoms with van der Waals surface area (Å²) >= 11 is 0. The van der Waals surface area contributed by atoms with Crippen molar-refractivity contribution in [1.82, 2.24) is 10.6 Å². The lowest BCUT2D eigenvalue weighted by Gasteiger charge is -2.13. The maximum absolute atomic E-state index is 12.2. The van der Waals surface area contributed by atoms with Crippen LogP contribution in [0.4, 0.5) is 0 Å². The number of nitrogens with one attached hydrogen (secondary N) is 2. The number of carbonyl (C=O) groups excluding carboxylic acids is 2. The molecule has 0 aliphatic carbocycles. The van der Waals surface area contributed by atoms with Gasteiger partial charge in [-0.3, -0.25) is 9.59 Å². The number of hydrogen-bond acceptors (Lipinski definition) is 3. The Balaban J connectivity index is 2.15. The molecule has 5 nitrogen and oxygen atoms in total. The molecule has 0 aliphatic rings. The van der Waals surface area contributed by atoms with Gasteiger partial charge in [0.2, 0.25) is 0 Å². The van der Waals surface area contributed by atoms with E-state index >= 15 is 0 Å². The number of para-hydroxylation sites is 1. The summed E-state index contributed by atoms with van der Waals surface area (Å²) in [4.78, 5) is 24.3. The molecule has 2 N–H and O–H groups in total. The highest BCUT2D eigenvalue weighted by atomic mass is 16.5. The zero-order valence-corrected chi connectivity index (χ0v) is 14.1. The Morgan fingerprint density at radius 1 is 0.846 bits per heavy atom. The largest absolute Gasteiger partial charge is 0.488 e. The van der Waals surface area contributed by atoms with Crippen molar-refractivity contribution >= 4 is 11.8 Å². The molecule has 2 aromatic rings. The second kappa shape index (κ2) is 9.56. The molecule has 0 bridgehead atoms. The number of benzene rings is 2. The molecule has 0 fully saturated rings. The number of hydrogen-bond donors (Lipinski definition) is 2. The van der Waals surface area contributed by atoms with Gasteiger partial charge in [0.15, 0.2) is 0 Å². The molecular formula is C21H18N2O3. The molecule has 0 spiro atoms. The van der Waals surface area contributed by atoms with Gasteiger partial charge in [-0.2, -0.15) is 0 Å². The van der Waals surface area contributed by atoms with E-state index in [9.17, 15) is 9.59 Å². The summed E-state index contributed by atoms with van der Waals surface area (Å²) in [6.07, 6.45) is 10.3. The molecule has 2 rings (SSSR count). The lowest BCUT2D eigenvalue weighted by atomic mass is 10.1. The second-order valence-corrected chi connectivity index (χ2v) is 5.22. The van der Waals surface area contributed by atoms with E-state index in [2.05, 4.69) is 22.5 Å². The molecule has 0 heterocycles. The summed E-state index contributed by atoms with van der Waals surface area (Å²) in [5, 5.41) is 5.23. The normalized spacial score (nSPS) is 9.46. The predicted molar refractivity (Wildman–Crippen MR) is 99.5 cm³/mol. The van der Waals surface area contributed by atoms with Crippen LogP contribution >= 0.6 is 0 Å². The van der Waals surface area contributed by atoms with Crippen LogP contribution in [-0.2, 0) is 6.61 Å². The fraction of sp³-hybridized carbons (Fsp3) is 0.143. The van der Waals surface area contributed by atoms with E-state index in [0.29, 0.717) is 22.4 Å². The summed E-state index contributed by atoms with van der Waals surface area (Å²) < 4.78 is 5.79. The molecule has 0 unspecified atom stereocenters. The topological polar surface area (TPSA) is 67.4 Å². The van der Waals surface area contributed by atoms with Crippen molar-refractivity contribution in [2.45, 2.75) is 6.61 Å². The summed E-state index contributed by atoms with van der Waals surface area (Å²) in [7, 11) is 0. The van der Waals surface area contributed by atoms with Crippen LogP contribution in [0.1, 0.15) is 26.3 Å². The predicted octanol–water partition coefficient (Wildman–Crippen LogP) is 1.99. The Morgan fingerprint density at radius 3 is 2.04 bits per heavy atom. The van der Waals surface area contributed by atoms with Gasteiger partial charge < -0.3 is 15.4 Å².